The molecule has 106 valence electrons. The molecule has 1 aromatic heterocycles. The van der Waals surface area contributed by atoms with Crippen molar-refractivity contribution in [2.45, 2.75) is 19.8 Å². The second-order valence-electron chi connectivity index (χ2n) is 5.07. The first-order chi connectivity index (χ1) is 10.2. The van der Waals surface area contributed by atoms with Gasteiger partial charge in [0.15, 0.2) is 0 Å². The van der Waals surface area contributed by atoms with Crippen molar-refractivity contribution < 1.29 is 0 Å². The summed E-state index contributed by atoms with van der Waals surface area (Å²) in [7, 11) is 0. The standard InChI is InChI=1S/C17H16ClN3/c1-13-11-14(8-10-17(13)18)7-9-15-12-21(20-19-15)16-5-3-2-4-6-16/h2-6,8,10-12H,7,9H2,1H3. The van der Waals surface area contributed by atoms with Crippen LogP contribution >= 0.6 is 11.6 Å². The Morgan fingerprint density at radius 2 is 1.86 bits per heavy atom. The highest BCUT2D eigenvalue weighted by atomic mass is 35.5. The third kappa shape index (κ3) is 3.31. The fourth-order valence-corrected chi connectivity index (χ4v) is 2.37. The van der Waals surface area contributed by atoms with Crippen LogP contribution in [0.1, 0.15) is 16.8 Å². The van der Waals surface area contributed by atoms with E-state index in [1.54, 1.807) is 0 Å². The minimum Gasteiger partial charge on any atom is -0.220 e. The molecule has 1 heterocycles. The van der Waals surface area contributed by atoms with Crippen LogP contribution in [0, 0.1) is 6.92 Å². The Hall–Kier alpha value is -2.13. The topological polar surface area (TPSA) is 30.7 Å². The Bertz CT molecular complexity index is 735. The van der Waals surface area contributed by atoms with Gasteiger partial charge in [-0.2, -0.15) is 0 Å². The highest BCUT2D eigenvalue weighted by molar-refractivity contribution is 6.31. The highest BCUT2D eigenvalue weighted by Gasteiger charge is 2.04. The smallest absolute Gasteiger partial charge is 0.0835 e. The first-order valence-electron chi connectivity index (χ1n) is 6.94. The summed E-state index contributed by atoms with van der Waals surface area (Å²) in [6, 6.07) is 16.2. The number of nitrogens with zero attached hydrogens (tertiary/aromatic N) is 3. The molecule has 0 spiro atoms. The van der Waals surface area contributed by atoms with Crippen molar-refractivity contribution in [2.24, 2.45) is 0 Å². The lowest BCUT2D eigenvalue weighted by molar-refractivity contribution is 0.794. The molecule has 0 saturated carbocycles. The SMILES string of the molecule is Cc1cc(CCc2cn(-c3ccccc3)nn2)ccc1Cl. The predicted molar refractivity (Wildman–Crippen MR) is 85.0 cm³/mol. The molecule has 0 radical (unpaired) electrons. The van der Waals surface area contributed by atoms with Gasteiger partial charge in [0.1, 0.15) is 0 Å². The summed E-state index contributed by atoms with van der Waals surface area (Å²) in [5.41, 5.74) is 4.40. The second-order valence-corrected chi connectivity index (χ2v) is 5.48. The van der Waals surface area contributed by atoms with Crippen LogP contribution in [-0.4, -0.2) is 15.0 Å². The molecule has 4 heteroatoms. The molecule has 0 unspecified atom stereocenters. The van der Waals surface area contributed by atoms with Gasteiger partial charge < -0.3 is 0 Å². The summed E-state index contributed by atoms with van der Waals surface area (Å²) >= 11 is 6.04. The van der Waals surface area contributed by atoms with E-state index in [0.717, 1.165) is 34.8 Å². The summed E-state index contributed by atoms with van der Waals surface area (Å²) in [4.78, 5) is 0. The largest absolute Gasteiger partial charge is 0.220 e. The monoisotopic (exact) mass is 297 g/mol. The van der Waals surface area contributed by atoms with E-state index >= 15 is 0 Å². The van der Waals surface area contributed by atoms with Crippen LogP contribution in [0.15, 0.2) is 54.7 Å². The van der Waals surface area contributed by atoms with Gasteiger partial charge in [0.05, 0.1) is 17.6 Å². The van der Waals surface area contributed by atoms with Crippen molar-refractivity contribution in [2.75, 3.05) is 0 Å². The van der Waals surface area contributed by atoms with E-state index in [9.17, 15) is 0 Å². The molecule has 0 aliphatic rings. The lowest BCUT2D eigenvalue weighted by Gasteiger charge is -2.02. The van der Waals surface area contributed by atoms with E-state index in [0.29, 0.717) is 0 Å². The van der Waals surface area contributed by atoms with Crippen molar-refractivity contribution in [1.82, 2.24) is 15.0 Å². The molecule has 0 fully saturated rings. The average molecular weight is 298 g/mol. The molecule has 0 saturated heterocycles. The fourth-order valence-electron chi connectivity index (χ4n) is 2.25. The fraction of sp³-hybridized carbons (Fsp3) is 0.176. The summed E-state index contributed by atoms with van der Waals surface area (Å²) in [5.74, 6) is 0. The predicted octanol–water partition coefficient (Wildman–Crippen LogP) is 4.01. The minimum atomic E-state index is 0.814. The van der Waals surface area contributed by atoms with E-state index < -0.39 is 0 Å². The highest BCUT2D eigenvalue weighted by Crippen LogP contribution is 2.17. The minimum absolute atomic E-state index is 0.814. The van der Waals surface area contributed by atoms with Gasteiger partial charge in [-0.15, -0.1) is 5.10 Å². The number of hydrogen-bond donors (Lipinski definition) is 0. The van der Waals surface area contributed by atoms with Gasteiger partial charge in [0, 0.05) is 5.02 Å². The van der Waals surface area contributed by atoms with E-state index in [1.807, 2.05) is 54.2 Å². The van der Waals surface area contributed by atoms with Gasteiger partial charge >= 0.3 is 0 Å². The molecule has 21 heavy (non-hydrogen) atoms. The molecule has 0 aliphatic carbocycles. The number of rotatable bonds is 4. The molecule has 0 bridgehead atoms. The maximum Gasteiger partial charge on any atom is 0.0835 e. The Kier molecular flexibility index (Phi) is 4.02. The lowest BCUT2D eigenvalue weighted by atomic mass is 10.1. The first-order valence-corrected chi connectivity index (χ1v) is 7.32. The van der Waals surface area contributed by atoms with E-state index in [1.165, 1.54) is 5.56 Å². The van der Waals surface area contributed by atoms with E-state index in [2.05, 4.69) is 22.4 Å². The molecule has 0 atom stereocenters. The zero-order valence-electron chi connectivity index (χ0n) is 11.8. The summed E-state index contributed by atoms with van der Waals surface area (Å²) in [6.07, 6.45) is 3.79. The van der Waals surface area contributed by atoms with Crippen LogP contribution in [-0.2, 0) is 12.8 Å². The second kappa shape index (κ2) is 6.10. The van der Waals surface area contributed by atoms with Crippen LogP contribution in [0.3, 0.4) is 0 Å². The number of benzene rings is 2. The van der Waals surface area contributed by atoms with Gasteiger partial charge in [0.2, 0.25) is 0 Å². The molecule has 0 aliphatic heterocycles. The molecule has 3 nitrogen and oxygen atoms in total. The van der Waals surface area contributed by atoms with Crippen LogP contribution < -0.4 is 0 Å². The molecule has 2 aromatic carbocycles. The Morgan fingerprint density at radius 1 is 1.05 bits per heavy atom. The molecule has 3 aromatic rings. The third-order valence-corrected chi connectivity index (χ3v) is 3.88. The maximum absolute atomic E-state index is 6.04. The number of aromatic nitrogens is 3. The van der Waals surface area contributed by atoms with Gasteiger partial charge in [0.25, 0.3) is 0 Å². The summed E-state index contributed by atoms with van der Waals surface area (Å²) in [6.45, 7) is 2.03. The number of aryl methyl sites for hydroxylation is 3. The van der Waals surface area contributed by atoms with Gasteiger partial charge in [-0.05, 0) is 49.1 Å². The summed E-state index contributed by atoms with van der Waals surface area (Å²) < 4.78 is 1.81. The third-order valence-electron chi connectivity index (χ3n) is 3.45. The van der Waals surface area contributed by atoms with Crippen LogP contribution in [0.5, 0.6) is 0 Å². The number of halogens is 1. The van der Waals surface area contributed by atoms with Gasteiger partial charge in [-0.3, -0.25) is 0 Å². The lowest BCUT2D eigenvalue weighted by Crippen LogP contribution is -1.93. The normalized spacial score (nSPS) is 10.8. The van der Waals surface area contributed by atoms with Crippen molar-refractivity contribution >= 4 is 11.6 Å². The number of para-hydroxylation sites is 1. The molecule has 0 amide bonds. The van der Waals surface area contributed by atoms with E-state index in [-0.39, 0.29) is 0 Å². The van der Waals surface area contributed by atoms with Crippen molar-refractivity contribution in [3.8, 4) is 5.69 Å². The van der Waals surface area contributed by atoms with Gasteiger partial charge in [-0.1, -0.05) is 47.1 Å². The van der Waals surface area contributed by atoms with Crippen molar-refractivity contribution in [1.29, 1.82) is 0 Å². The molecule has 3 rings (SSSR count). The number of hydrogen-bond acceptors (Lipinski definition) is 2. The zero-order chi connectivity index (χ0) is 14.7. The van der Waals surface area contributed by atoms with Crippen molar-refractivity contribution in [3.05, 3.63) is 76.6 Å². The molecular weight excluding hydrogens is 282 g/mol. The molecular formula is C17H16ClN3. The Balaban J connectivity index is 1.69. The summed E-state index contributed by atoms with van der Waals surface area (Å²) in [5, 5.41) is 9.22. The van der Waals surface area contributed by atoms with Crippen LogP contribution in [0.25, 0.3) is 5.69 Å². The van der Waals surface area contributed by atoms with Crippen LogP contribution in [0.2, 0.25) is 5.02 Å². The van der Waals surface area contributed by atoms with Gasteiger partial charge in [-0.25, -0.2) is 4.68 Å². The van der Waals surface area contributed by atoms with Crippen molar-refractivity contribution in [3.63, 3.8) is 0 Å². The Labute approximate surface area is 129 Å². The zero-order valence-corrected chi connectivity index (χ0v) is 12.6. The average Bonchev–Trinajstić information content (AvgIpc) is 2.98. The van der Waals surface area contributed by atoms with E-state index in [4.69, 9.17) is 11.6 Å². The maximum atomic E-state index is 6.04. The van der Waals surface area contributed by atoms with Crippen LogP contribution in [0.4, 0.5) is 0 Å². The Morgan fingerprint density at radius 3 is 2.62 bits per heavy atom. The quantitative estimate of drug-likeness (QED) is 0.728. The molecule has 0 N–H and O–H groups in total. The first kappa shape index (κ1) is 13.8.